The molecule has 5 nitrogen and oxygen atoms in total. The van der Waals surface area contributed by atoms with Crippen molar-refractivity contribution in [3.8, 4) is 22.4 Å². The van der Waals surface area contributed by atoms with Gasteiger partial charge >= 0.3 is 0 Å². The predicted molar refractivity (Wildman–Crippen MR) is 75.1 cm³/mol. The smallest absolute Gasteiger partial charge is 0.230 e. The Labute approximate surface area is 117 Å². The first-order chi connectivity index (χ1) is 9.25. The SMILES string of the molecule is Nc1onc(-c2ccnnc2)c1-c1ccc(Br)cc1. The molecule has 0 atom stereocenters. The predicted octanol–water partition coefficient (Wildman–Crippen LogP) is 3.14. The van der Waals surface area contributed by atoms with Crippen LogP contribution in [0.4, 0.5) is 5.88 Å². The van der Waals surface area contributed by atoms with Gasteiger partial charge in [-0.15, -0.1) is 0 Å². The van der Waals surface area contributed by atoms with E-state index in [4.69, 9.17) is 10.3 Å². The fourth-order valence-electron chi connectivity index (χ4n) is 1.83. The molecule has 0 aliphatic carbocycles. The Morgan fingerprint density at radius 3 is 2.47 bits per heavy atom. The van der Waals surface area contributed by atoms with Crippen LogP contribution < -0.4 is 5.73 Å². The van der Waals surface area contributed by atoms with Crippen molar-refractivity contribution >= 4 is 21.8 Å². The number of nitrogen functional groups attached to an aromatic ring is 1. The summed E-state index contributed by atoms with van der Waals surface area (Å²) in [5.74, 6) is 0.286. The van der Waals surface area contributed by atoms with Gasteiger partial charge in [0.05, 0.1) is 18.0 Å². The summed E-state index contributed by atoms with van der Waals surface area (Å²) in [6, 6.07) is 9.59. The summed E-state index contributed by atoms with van der Waals surface area (Å²) in [7, 11) is 0. The number of halogens is 1. The number of rotatable bonds is 2. The maximum Gasteiger partial charge on any atom is 0.230 e. The zero-order valence-corrected chi connectivity index (χ0v) is 11.3. The van der Waals surface area contributed by atoms with Crippen LogP contribution in [0.3, 0.4) is 0 Å². The summed E-state index contributed by atoms with van der Waals surface area (Å²) < 4.78 is 6.10. The van der Waals surface area contributed by atoms with Crippen LogP contribution >= 0.6 is 15.9 Å². The summed E-state index contributed by atoms with van der Waals surface area (Å²) in [6.07, 6.45) is 3.23. The molecule has 2 aromatic heterocycles. The van der Waals surface area contributed by atoms with Crippen LogP contribution in [0.25, 0.3) is 22.4 Å². The fraction of sp³-hybridized carbons (Fsp3) is 0. The minimum absolute atomic E-state index is 0.286. The second kappa shape index (κ2) is 4.81. The summed E-state index contributed by atoms with van der Waals surface area (Å²) in [6.45, 7) is 0. The third-order valence-electron chi connectivity index (χ3n) is 2.71. The Morgan fingerprint density at radius 1 is 1.00 bits per heavy atom. The van der Waals surface area contributed by atoms with Crippen LogP contribution in [0.1, 0.15) is 0 Å². The average molecular weight is 317 g/mol. The molecule has 94 valence electrons. The number of hydrogen-bond acceptors (Lipinski definition) is 5. The van der Waals surface area contributed by atoms with E-state index in [0.29, 0.717) is 5.69 Å². The lowest BCUT2D eigenvalue weighted by molar-refractivity contribution is 0.439. The van der Waals surface area contributed by atoms with E-state index in [1.165, 1.54) is 0 Å². The number of anilines is 1. The summed E-state index contributed by atoms with van der Waals surface area (Å²) in [5.41, 5.74) is 9.05. The van der Waals surface area contributed by atoms with E-state index >= 15 is 0 Å². The Kier molecular flexibility index (Phi) is 3.00. The van der Waals surface area contributed by atoms with E-state index in [-0.39, 0.29) is 5.88 Å². The topological polar surface area (TPSA) is 77.8 Å². The standard InChI is InChI=1S/C13H9BrN4O/c14-10-3-1-8(2-4-10)11-12(18-19-13(11)15)9-5-6-16-17-7-9/h1-7H,15H2. The van der Waals surface area contributed by atoms with Crippen LogP contribution in [0.15, 0.2) is 51.7 Å². The Morgan fingerprint density at radius 2 is 1.79 bits per heavy atom. The van der Waals surface area contributed by atoms with Crippen molar-refractivity contribution < 1.29 is 4.52 Å². The molecular formula is C13H9BrN4O. The molecule has 3 aromatic rings. The van der Waals surface area contributed by atoms with Gasteiger partial charge in [0.25, 0.3) is 0 Å². The van der Waals surface area contributed by atoms with Gasteiger partial charge < -0.3 is 10.3 Å². The highest BCUT2D eigenvalue weighted by atomic mass is 79.9. The van der Waals surface area contributed by atoms with Crippen molar-refractivity contribution in [2.75, 3.05) is 5.73 Å². The van der Waals surface area contributed by atoms with E-state index in [1.54, 1.807) is 12.4 Å². The number of nitrogens with zero attached hydrogens (tertiary/aromatic N) is 3. The molecule has 0 amide bonds. The molecule has 3 rings (SSSR count). The van der Waals surface area contributed by atoms with Crippen molar-refractivity contribution in [1.82, 2.24) is 15.4 Å². The molecule has 0 spiro atoms. The first-order valence-electron chi connectivity index (χ1n) is 5.54. The van der Waals surface area contributed by atoms with Gasteiger partial charge in [0.2, 0.25) is 5.88 Å². The minimum atomic E-state index is 0.286. The zero-order chi connectivity index (χ0) is 13.2. The third kappa shape index (κ3) is 2.22. The fourth-order valence-corrected chi connectivity index (χ4v) is 2.09. The van der Waals surface area contributed by atoms with Gasteiger partial charge in [0.1, 0.15) is 5.69 Å². The minimum Gasteiger partial charge on any atom is -0.367 e. The molecule has 0 saturated carbocycles. The van der Waals surface area contributed by atoms with Crippen molar-refractivity contribution in [1.29, 1.82) is 0 Å². The van der Waals surface area contributed by atoms with Gasteiger partial charge in [-0.1, -0.05) is 33.2 Å². The molecule has 0 fully saturated rings. The third-order valence-corrected chi connectivity index (χ3v) is 3.24. The number of nitrogens with two attached hydrogens (primary N) is 1. The molecule has 6 heteroatoms. The lowest BCUT2D eigenvalue weighted by atomic mass is 10.0. The second-order valence-electron chi connectivity index (χ2n) is 3.91. The van der Waals surface area contributed by atoms with E-state index in [9.17, 15) is 0 Å². The summed E-state index contributed by atoms with van der Waals surface area (Å²) in [5, 5.41) is 11.6. The van der Waals surface area contributed by atoms with Crippen LogP contribution in [-0.2, 0) is 0 Å². The molecule has 0 aliphatic rings. The monoisotopic (exact) mass is 316 g/mol. The highest BCUT2D eigenvalue weighted by molar-refractivity contribution is 9.10. The Bertz CT molecular complexity index is 694. The first kappa shape index (κ1) is 11.9. The Balaban J connectivity index is 2.17. The maximum atomic E-state index is 5.87. The van der Waals surface area contributed by atoms with E-state index in [0.717, 1.165) is 21.2 Å². The van der Waals surface area contributed by atoms with Gasteiger partial charge in [0.15, 0.2) is 0 Å². The van der Waals surface area contributed by atoms with Gasteiger partial charge in [-0.05, 0) is 23.8 Å². The molecule has 1 aromatic carbocycles. The van der Waals surface area contributed by atoms with Crippen LogP contribution in [0.5, 0.6) is 0 Å². The number of aromatic nitrogens is 3. The number of hydrogen-bond donors (Lipinski definition) is 1. The normalized spacial score (nSPS) is 10.6. The van der Waals surface area contributed by atoms with E-state index in [2.05, 4.69) is 31.3 Å². The highest BCUT2D eigenvalue weighted by Crippen LogP contribution is 2.36. The van der Waals surface area contributed by atoms with Crippen molar-refractivity contribution in [2.45, 2.75) is 0 Å². The highest BCUT2D eigenvalue weighted by Gasteiger charge is 2.17. The van der Waals surface area contributed by atoms with E-state index < -0.39 is 0 Å². The summed E-state index contributed by atoms with van der Waals surface area (Å²) in [4.78, 5) is 0. The first-order valence-corrected chi connectivity index (χ1v) is 6.33. The number of benzene rings is 1. The Hall–Kier alpha value is -2.21. The molecule has 0 radical (unpaired) electrons. The molecule has 0 saturated heterocycles. The molecule has 0 aliphatic heterocycles. The quantitative estimate of drug-likeness (QED) is 0.785. The molecule has 2 N–H and O–H groups in total. The average Bonchev–Trinajstić information content (AvgIpc) is 2.83. The lowest BCUT2D eigenvalue weighted by Gasteiger charge is -2.02. The van der Waals surface area contributed by atoms with Crippen LogP contribution in [0.2, 0.25) is 0 Å². The van der Waals surface area contributed by atoms with Crippen LogP contribution in [-0.4, -0.2) is 15.4 Å². The van der Waals surface area contributed by atoms with Crippen LogP contribution in [0, 0.1) is 0 Å². The van der Waals surface area contributed by atoms with Crippen molar-refractivity contribution in [3.05, 3.63) is 47.2 Å². The maximum absolute atomic E-state index is 5.87. The second-order valence-corrected chi connectivity index (χ2v) is 4.82. The lowest BCUT2D eigenvalue weighted by Crippen LogP contribution is -1.88. The van der Waals surface area contributed by atoms with Crippen molar-refractivity contribution in [3.63, 3.8) is 0 Å². The molecular weight excluding hydrogens is 308 g/mol. The van der Waals surface area contributed by atoms with Gasteiger partial charge in [0, 0.05) is 10.0 Å². The van der Waals surface area contributed by atoms with Gasteiger partial charge in [-0.25, -0.2) is 0 Å². The van der Waals surface area contributed by atoms with Crippen molar-refractivity contribution in [2.24, 2.45) is 0 Å². The van der Waals surface area contributed by atoms with Gasteiger partial charge in [-0.2, -0.15) is 10.2 Å². The van der Waals surface area contributed by atoms with E-state index in [1.807, 2.05) is 30.3 Å². The largest absolute Gasteiger partial charge is 0.367 e. The zero-order valence-electron chi connectivity index (χ0n) is 9.75. The molecule has 19 heavy (non-hydrogen) atoms. The summed E-state index contributed by atoms with van der Waals surface area (Å²) >= 11 is 3.40. The van der Waals surface area contributed by atoms with Gasteiger partial charge in [-0.3, -0.25) is 0 Å². The molecule has 2 heterocycles. The molecule has 0 bridgehead atoms. The molecule has 0 unspecified atom stereocenters.